The van der Waals surface area contributed by atoms with Crippen LogP contribution in [-0.2, 0) is 17.4 Å². The van der Waals surface area contributed by atoms with Gasteiger partial charge >= 0.3 is 6.18 Å². The van der Waals surface area contributed by atoms with E-state index in [1.165, 1.54) is 17.9 Å². The first-order chi connectivity index (χ1) is 7.80. The van der Waals surface area contributed by atoms with Crippen LogP contribution in [0.3, 0.4) is 0 Å². The van der Waals surface area contributed by atoms with Crippen LogP contribution in [-0.4, -0.2) is 12.5 Å². The zero-order valence-corrected chi connectivity index (χ0v) is 9.90. The van der Waals surface area contributed by atoms with Crippen LogP contribution in [0.25, 0.3) is 0 Å². The van der Waals surface area contributed by atoms with E-state index in [4.69, 9.17) is 0 Å². The van der Waals surface area contributed by atoms with Crippen molar-refractivity contribution >= 4 is 24.2 Å². The molecule has 1 amide bonds. The van der Waals surface area contributed by atoms with E-state index in [1.54, 1.807) is 0 Å². The average Bonchev–Trinajstić information content (AvgIpc) is 2.57. The predicted molar refractivity (Wildman–Crippen MR) is 60.4 cm³/mol. The molecular weight excluding hydrogens is 251 g/mol. The summed E-state index contributed by atoms with van der Waals surface area (Å²) >= 11 is 3.85. The molecular formula is C11H10F3NOS. The Morgan fingerprint density at radius 1 is 1.41 bits per heavy atom. The lowest BCUT2D eigenvalue weighted by Gasteiger charge is -2.17. The largest absolute Gasteiger partial charge is 0.417 e. The van der Waals surface area contributed by atoms with Crippen molar-refractivity contribution in [3.05, 3.63) is 23.3 Å². The van der Waals surface area contributed by atoms with E-state index >= 15 is 0 Å². The average molecular weight is 261 g/mol. The van der Waals surface area contributed by atoms with Gasteiger partial charge in [0.05, 0.1) is 5.56 Å². The van der Waals surface area contributed by atoms with Crippen molar-refractivity contribution in [3.63, 3.8) is 0 Å². The van der Waals surface area contributed by atoms with Gasteiger partial charge in [-0.3, -0.25) is 4.79 Å². The highest BCUT2D eigenvalue weighted by Gasteiger charge is 2.35. The predicted octanol–water partition coefficient (Wildman–Crippen LogP) is 2.90. The Morgan fingerprint density at radius 2 is 2.06 bits per heavy atom. The topological polar surface area (TPSA) is 20.3 Å². The summed E-state index contributed by atoms with van der Waals surface area (Å²) in [6, 6.07) is 2.40. The SMILES string of the molecule is CC(=O)N1CCc2cc(S)c(C(F)(F)F)cc21. The van der Waals surface area contributed by atoms with Crippen molar-refractivity contribution in [2.24, 2.45) is 0 Å². The Morgan fingerprint density at radius 3 is 2.59 bits per heavy atom. The molecule has 2 rings (SSSR count). The molecule has 0 atom stereocenters. The summed E-state index contributed by atoms with van der Waals surface area (Å²) in [5, 5.41) is 0. The van der Waals surface area contributed by atoms with Crippen LogP contribution in [0.5, 0.6) is 0 Å². The van der Waals surface area contributed by atoms with Crippen LogP contribution in [0.1, 0.15) is 18.1 Å². The van der Waals surface area contributed by atoms with Gasteiger partial charge < -0.3 is 4.90 Å². The van der Waals surface area contributed by atoms with Crippen LogP contribution in [0.15, 0.2) is 17.0 Å². The normalized spacial score (nSPS) is 15.0. The first-order valence-electron chi connectivity index (χ1n) is 5.02. The molecule has 0 saturated carbocycles. The fourth-order valence-electron chi connectivity index (χ4n) is 1.98. The Bertz CT molecular complexity index is 484. The highest BCUT2D eigenvalue weighted by molar-refractivity contribution is 7.80. The molecule has 0 saturated heterocycles. The number of carbonyl (C=O) groups is 1. The maximum absolute atomic E-state index is 12.7. The van der Waals surface area contributed by atoms with E-state index < -0.39 is 11.7 Å². The van der Waals surface area contributed by atoms with E-state index in [0.29, 0.717) is 18.7 Å². The standard InChI is InChI=1S/C11H10F3NOS/c1-6(16)15-3-2-7-4-10(17)8(5-9(7)15)11(12,13)14/h4-5,17H,2-3H2,1H3. The van der Waals surface area contributed by atoms with Crippen molar-refractivity contribution in [1.82, 2.24) is 0 Å². The first-order valence-corrected chi connectivity index (χ1v) is 5.46. The number of hydrogen-bond donors (Lipinski definition) is 1. The van der Waals surface area contributed by atoms with Crippen LogP contribution < -0.4 is 4.90 Å². The minimum absolute atomic E-state index is 0.0957. The second kappa shape index (κ2) is 3.94. The summed E-state index contributed by atoms with van der Waals surface area (Å²) in [6.07, 6.45) is -3.88. The number of thiol groups is 1. The number of benzene rings is 1. The summed E-state index contributed by atoms with van der Waals surface area (Å²) < 4.78 is 38.1. The quantitative estimate of drug-likeness (QED) is 0.712. The molecule has 6 heteroatoms. The number of halogens is 3. The summed E-state index contributed by atoms with van der Waals surface area (Å²) in [6.45, 7) is 1.77. The molecule has 0 radical (unpaired) electrons. The van der Waals surface area contributed by atoms with Crippen molar-refractivity contribution in [2.45, 2.75) is 24.4 Å². The molecule has 0 aromatic heterocycles. The zero-order valence-electron chi connectivity index (χ0n) is 9.01. The van der Waals surface area contributed by atoms with E-state index in [0.717, 1.165) is 11.6 Å². The van der Waals surface area contributed by atoms with Gasteiger partial charge in [0.25, 0.3) is 0 Å². The molecule has 1 aliphatic heterocycles. The van der Waals surface area contributed by atoms with Gasteiger partial charge in [-0.15, -0.1) is 12.6 Å². The molecule has 1 aliphatic rings. The summed E-state index contributed by atoms with van der Waals surface area (Å²) in [5.74, 6) is -0.246. The van der Waals surface area contributed by atoms with Gasteiger partial charge in [0.1, 0.15) is 0 Å². The molecule has 0 unspecified atom stereocenters. The Labute approximate surface area is 102 Å². The number of carbonyl (C=O) groups excluding carboxylic acids is 1. The lowest BCUT2D eigenvalue weighted by molar-refractivity contribution is -0.139. The number of nitrogens with zero attached hydrogens (tertiary/aromatic N) is 1. The molecule has 0 bridgehead atoms. The molecule has 1 heterocycles. The molecule has 0 fully saturated rings. The summed E-state index contributed by atoms with van der Waals surface area (Å²) in [5.41, 5.74) is 0.286. The maximum Gasteiger partial charge on any atom is 0.417 e. The van der Waals surface area contributed by atoms with Crippen molar-refractivity contribution < 1.29 is 18.0 Å². The molecule has 2 nitrogen and oxygen atoms in total. The van der Waals surface area contributed by atoms with Gasteiger partial charge in [0, 0.05) is 24.1 Å². The Balaban J connectivity index is 2.55. The molecule has 92 valence electrons. The fourth-order valence-corrected chi connectivity index (χ4v) is 2.33. The Hall–Kier alpha value is -1.17. The van der Waals surface area contributed by atoms with Crippen LogP contribution in [0, 0.1) is 0 Å². The first kappa shape index (κ1) is 12.3. The third-order valence-corrected chi connectivity index (χ3v) is 3.15. The monoisotopic (exact) mass is 261 g/mol. The second-order valence-electron chi connectivity index (χ2n) is 3.92. The van der Waals surface area contributed by atoms with Crippen LogP contribution >= 0.6 is 12.6 Å². The Kier molecular flexibility index (Phi) is 2.85. The van der Waals surface area contributed by atoms with Gasteiger partial charge in [0.15, 0.2) is 0 Å². The summed E-state index contributed by atoms with van der Waals surface area (Å²) in [7, 11) is 0. The van der Waals surface area contributed by atoms with Crippen LogP contribution in [0.2, 0.25) is 0 Å². The third-order valence-electron chi connectivity index (χ3n) is 2.78. The lowest BCUT2D eigenvalue weighted by Crippen LogP contribution is -2.26. The van der Waals surface area contributed by atoms with E-state index in [1.807, 2.05) is 0 Å². The van der Waals surface area contributed by atoms with Crippen molar-refractivity contribution in [1.29, 1.82) is 0 Å². The molecule has 1 aromatic rings. The van der Waals surface area contributed by atoms with E-state index in [-0.39, 0.29) is 10.8 Å². The molecule has 0 spiro atoms. The molecule has 1 aromatic carbocycles. The van der Waals surface area contributed by atoms with E-state index in [2.05, 4.69) is 12.6 Å². The second-order valence-corrected chi connectivity index (χ2v) is 4.40. The van der Waals surface area contributed by atoms with Gasteiger partial charge in [0.2, 0.25) is 5.91 Å². The molecule has 0 aliphatic carbocycles. The maximum atomic E-state index is 12.7. The van der Waals surface area contributed by atoms with Crippen molar-refractivity contribution in [2.75, 3.05) is 11.4 Å². The molecule has 0 N–H and O–H groups in total. The number of hydrogen-bond acceptors (Lipinski definition) is 2. The van der Waals surface area contributed by atoms with Gasteiger partial charge in [-0.25, -0.2) is 0 Å². The van der Waals surface area contributed by atoms with Gasteiger partial charge in [-0.1, -0.05) is 0 Å². The number of rotatable bonds is 0. The lowest BCUT2D eigenvalue weighted by atomic mass is 10.1. The summed E-state index contributed by atoms with van der Waals surface area (Å²) in [4.78, 5) is 12.5. The number of amides is 1. The van der Waals surface area contributed by atoms with Gasteiger partial charge in [-0.2, -0.15) is 13.2 Å². The van der Waals surface area contributed by atoms with Crippen molar-refractivity contribution in [3.8, 4) is 0 Å². The van der Waals surface area contributed by atoms with Crippen LogP contribution in [0.4, 0.5) is 18.9 Å². The smallest absolute Gasteiger partial charge is 0.312 e. The molecule has 17 heavy (non-hydrogen) atoms. The number of fused-ring (bicyclic) bond motifs is 1. The highest BCUT2D eigenvalue weighted by atomic mass is 32.1. The van der Waals surface area contributed by atoms with E-state index in [9.17, 15) is 18.0 Å². The minimum atomic E-state index is -4.45. The number of alkyl halides is 3. The third kappa shape index (κ3) is 2.13. The zero-order chi connectivity index (χ0) is 12.8. The minimum Gasteiger partial charge on any atom is -0.312 e. The highest BCUT2D eigenvalue weighted by Crippen LogP contribution is 2.40. The van der Waals surface area contributed by atoms with Gasteiger partial charge in [-0.05, 0) is 24.1 Å². The fraction of sp³-hybridized carbons (Fsp3) is 0.364. The number of anilines is 1.